The van der Waals surface area contributed by atoms with E-state index in [1.165, 1.54) is 6.42 Å². The fraction of sp³-hybridized carbons (Fsp3) is 0.471. The molecule has 1 aliphatic carbocycles. The molecule has 3 rings (SSSR count). The molecule has 1 amide bonds. The SMILES string of the molecule is CC1CCC(NC(=O)c2ccc(-n3ccnn3)cc2)CC1C. The highest BCUT2D eigenvalue weighted by molar-refractivity contribution is 5.94. The smallest absolute Gasteiger partial charge is 0.251 e. The van der Waals surface area contributed by atoms with Gasteiger partial charge in [0.15, 0.2) is 0 Å². The molecule has 1 N–H and O–H groups in total. The molecule has 1 fully saturated rings. The van der Waals surface area contributed by atoms with E-state index in [1.54, 1.807) is 17.1 Å². The van der Waals surface area contributed by atoms with Crippen LogP contribution in [-0.4, -0.2) is 26.9 Å². The van der Waals surface area contributed by atoms with Gasteiger partial charge in [-0.2, -0.15) is 0 Å². The van der Waals surface area contributed by atoms with E-state index in [0.29, 0.717) is 17.5 Å². The molecule has 1 aliphatic rings. The van der Waals surface area contributed by atoms with Gasteiger partial charge in [-0.15, -0.1) is 5.10 Å². The van der Waals surface area contributed by atoms with Crippen molar-refractivity contribution < 1.29 is 4.79 Å². The molecule has 5 nitrogen and oxygen atoms in total. The number of amides is 1. The molecule has 1 aromatic carbocycles. The monoisotopic (exact) mass is 298 g/mol. The van der Waals surface area contributed by atoms with Crippen LogP contribution in [0, 0.1) is 11.8 Å². The van der Waals surface area contributed by atoms with Crippen LogP contribution in [0.2, 0.25) is 0 Å². The summed E-state index contributed by atoms with van der Waals surface area (Å²) in [5.74, 6) is 1.45. The first-order chi connectivity index (χ1) is 10.6. The number of carbonyl (C=O) groups is 1. The molecule has 1 aromatic heterocycles. The molecule has 5 heteroatoms. The van der Waals surface area contributed by atoms with Crippen molar-refractivity contribution >= 4 is 5.91 Å². The lowest BCUT2D eigenvalue weighted by Crippen LogP contribution is -2.39. The number of carbonyl (C=O) groups excluding carboxylic acids is 1. The van der Waals surface area contributed by atoms with Crippen molar-refractivity contribution in [2.24, 2.45) is 11.8 Å². The zero-order valence-electron chi connectivity index (χ0n) is 13.1. The minimum atomic E-state index is 0.0110. The van der Waals surface area contributed by atoms with Crippen molar-refractivity contribution in [2.75, 3.05) is 0 Å². The summed E-state index contributed by atoms with van der Waals surface area (Å²) in [6.45, 7) is 4.57. The van der Waals surface area contributed by atoms with Gasteiger partial charge in [-0.05, 0) is 55.4 Å². The third-order valence-corrected chi connectivity index (χ3v) is 4.75. The number of benzene rings is 1. The summed E-state index contributed by atoms with van der Waals surface area (Å²) in [5.41, 5.74) is 1.59. The summed E-state index contributed by atoms with van der Waals surface area (Å²) in [7, 11) is 0. The molecule has 3 unspecified atom stereocenters. The van der Waals surface area contributed by atoms with E-state index in [1.807, 2.05) is 24.3 Å². The summed E-state index contributed by atoms with van der Waals surface area (Å²) < 4.78 is 1.67. The number of rotatable bonds is 3. The highest BCUT2D eigenvalue weighted by Gasteiger charge is 2.25. The highest BCUT2D eigenvalue weighted by atomic mass is 16.1. The Balaban J connectivity index is 1.63. The van der Waals surface area contributed by atoms with Crippen LogP contribution in [0.25, 0.3) is 5.69 Å². The fourth-order valence-corrected chi connectivity index (χ4v) is 3.06. The van der Waals surface area contributed by atoms with Crippen molar-refractivity contribution in [1.29, 1.82) is 0 Å². The van der Waals surface area contributed by atoms with Gasteiger partial charge in [0, 0.05) is 11.6 Å². The van der Waals surface area contributed by atoms with Crippen LogP contribution in [0.1, 0.15) is 43.5 Å². The lowest BCUT2D eigenvalue weighted by molar-refractivity contribution is 0.0910. The topological polar surface area (TPSA) is 59.8 Å². The van der Waals surface area contributed by atoms with Crippen LogP contribution in [0.3, 0.4) is 0 Å². The lowest BCUT2D eigenvalue weighted by Gasteiger charge is -2.32. The second-order valence-electron chi connectivity index (χ2n) is 6.33. The van der Waals surface area contributed by atoms with Gasteiger partial charge < -0.3 is 5.32 Å². The third-order valence-electron chi connectivity index (χ3n) is 4.75. The van der Waals surface area contributed by atoms with Crippen LogP contribution in [0.15, 0.2) is 36.7 Å². The van der Waals surface area contributed by atoms with Gasteiger partial charge in [0.05, 0.1) is 18.1 Å². The van der Waals surface area contributed by atoms with Crippen LogP contribution in [-0.2, 0) is 0 Å². The molecule has 1 saturated carbocycles. The number of nitrogens with one attached hydrogen (secondary N) is 1. The Morgan fingerprint density at radius 2 is 1.95 bits per heavy atom. The summed E-state index contributed by atoms with van der Waals surface area (Å²) in [5, 5.41) is 10.9. The molecule has 3 atom stereocenters. The quantitative estimate of drug-likeness (QED) is 0.948. The third kappa shape index (κ3) is 3.18. The molecule has 0 bridgehead atoms. The first-order valence-corrected chi connectivity index (χ1v) is 7.91. The van der Waals surface area contributed by atoms with Gasteiger partial charge in [0.1, 0.15) is 0 Å². The zero-order valence-corrected chi connectivity index (χ0v) is 13.1. The van der Waals surface area contributed by atoms with Gasteiger partial charge in [-0.3, -0.25) is 4.79 Å². The van der Waals surface area contributed by atoms with E-state index in [-0.39, 0.29) is 5.91 Å². The Bertz CT molecular complexity index is 621. The molecule has 0 saturated heterocycles. The predicted molar refractivity (Wildman–Crippen MR) is 84.8 cm³/mol. The second kappa shape index (κ2) is 6.30. The normalized spacial score (nSPS) is 24.9. The van der Waals surface area contributed by atoms with Crippen LogP contribution in [0.4, 0.5) is 0 Å². The minimum Gasteiger partial charge on any atom is -0.349 e. The Morgan fingerprint density at radius 1 is 1.18 bits per heavy atom. The van der Waals surface area contributed by atoms with Crippen molar-refractivity contribution in [3.05, 3.63) is 42.2 Å². The molecule has 0 aliphatic heterocycles. The van der Waals surface area contributed by atoms with Gasteiger partial charge in [-0.25, -0.2) is 4.68 Å². The molecular formula is C17H22N4O. The largest absolute Gasteiger partial charge is 0.349 e. The van der Waals surface area contributed by atoms with Crippen LogP contribution >= 0.6 is 0 Å². The van der Waals surface area contributed by atoms with Crippen LogP contribution < -0.4 is 5.32 Å². The molecule has 0 spiro atoms. The Labute approximate surface area is 130 Å². The Kier molecular flexibility index (Phi) is 4.22. The average molecular weight is 298 g/mol. The summed E-state index contributed by atoms with van der Waals surface area (Å²) >= 11 is 0. The van der Waals surface area contributed by atoms with E-state index in [0.717, 1.165) is 24.4 Å². The minimum absolute atomic E-state index is 0.0110. The predicted octanol–water partition coefficient (Wildman–Crippen LogP) is 2.82. The Hall–Kier alpha value is -2.17. The zero-order chi connectivity index (χ0) is 15.5. The van der Waals surface area contributed by atoms with E-state index >= 15 is 0 Å². The van der Waals surface area contributed by atoms with Crippen molar-refractivity contribution in [2.45, 2.75) is 39.2 Å². The van der Waals surface area contributed by atoms with E-state index in [9.17, 15) is 4.79 Å². The molecule has 116 valence electrons. The number of hydrogen-bond acceptors (Lipinski definition) is 3. The Morgan fingerprint density at radius 3 is 2.59 bits per heavy atom. The number of hydrogen-bond donors (Lipinski definition) is 1. The fourth-order valence-electron chi connectivity index (χ4n) is 3.06. The lowest BCUT2D eigenvalue weighted by atomic mass is 9.79. The van der Waals surface area contributed by atoms with Gasteiger partial charge in [0.2, 0.25) is 0 Å². The van der Waals surface area contributed by atoms with Gasteiger partial charge >= 0.3 is 0 Å². The van der Waals surface area contributed by atoms with Crippen molar-refractivity contribution in [1.82, 2.24) is 20.3 Å². The number of aromatic nitrogens is 3. The summed E-state index contributed by atoms with van der Waals surface area (Å²) in [4.78, 5) is 12.4. The second-order valence-corrected chi connectivity index (χ2v) is 6.33. The molecular weight excluding hydrogens is 276 g/mol. The van der Waals surface area contributed by atoms with E-state index < -0.39 is 0 Å². The van der Waals surface area contributed by atoms with Gasteiger partial charge in [-0.1, -0.05) is 19.1 Å². The maximum atomic E-state index is 12.4. The molecule has 22 heavy (non-hydrogen) atoms. The first kappa shape index (κ1) is 14.8. The number of nitrogens with zero attached hydrogens (tertiary/aromatic N) is 3. The maximum absolute atomic E-state index is 12.4. The van der Waals surface area contributed by atoms with E-state index in [2.05, 4.69) is 29.5 Å². The summed E-state index contributed by atoms with van der Waals surface area (Å²) in [6.07, 6.45) is 6.75. The average Bonchev–Trinajstić information content (AvgIpc) is 3.05. The van der Waals surface area contributed by atoms with Crippen molar-refractivity contribution in [3.63, 3.8) is 0 Å². The molecule has 1 heterocycles. The van der Waals surface area contributed by atoms with Crippen LogP contribution in [0.5, 0.6) is 0 Å². The van der Waals surface area contributed by atoms with E-state index in [4.69, 9.17) is 0 Å². The highest BCUT2D eigenvalue weighted by Crippen LogP contribution is 2.29. The van der Waals surface area contributed by atoms with Gasteiger partial charge in [0.25, 0.3) is 5.91 Å². The molecule has 2 aromatic rings. The summed E-state index contributed by atoms with van der Waals surface area (Å²) in [6, 6.07) is 7.74. The van der Waals surface area contributed by atoms with Crippen molar-refractivity contribution in [3.8, 4) is 5.69 Å². The molecule has 0 radical (unpaired) electrons. The standard InChI is InChI=1S/C17H22N4O/c1-12-3-6-15(11-13(12)2)19-17(22)14-4-7-16(8-5-14)21-10-9-18-20-21/h4-5,7-10,12-13,15H,3,6,11H2,1-2H3,(H,19,22). The first-order valence-electron chi connectivity index (χ1n) is 7.91. The maximum Gasteiger partial charge on any atom is 0.251 e.